The van der Waals surface area contributed by atoms with Gasteiger partial charge in [0.05, 0.1) is 0 Å². The number of nitrogens with one attached hydrogen (secondary N) is 1. The molecule has 15 heavy (non-hydrogen) atoms. The van der Waals surface area contributed by atoms with Crippen molar-refractivity contribution in [1.29, 1.82) is 0 Å². The van der Waals surface area contributed by atoms with Gasteiger partial charge in [-0.3, -0.25) is 4.79 Å². The first-order valence-corrected chi connectivity index (χ1v) is 4.38. The first-order chi connectivity index (χ1) is 7.17. The summed E-state index contributed by atoms with van der Waals surface area (Å²) in [4.78, 5) is 11.0. The van der Waals surface area contributed by atoms with Crippen LogP contribution in [0.3, 0.4) is 0 Å². The second kappa shape index (κ2) is 5.26. The lowest BCUT2D eigenvalue weighted by atomic mass is 10.2. The van der Waals surface area contributed by atoms with Crippen LogP contribution < -0.4 is 5.32 Å². The van der Waals surface area contributed by atoms with Gasteiger partial charge in [-0.15, -0.1) is 0 Å². The van der Waals surface area contributed by atoms with Crippen LogP contribution in [0.25, 0.3) is 0 Å². The number of carbonyl (C=O) groups is 1. The van der Waals surface area contributed by atoms with Gasteiger partial charge in [0.25, 0.3) is 0 Å². The number of ether oxygens (including phenoxy) is 1. The number of hydrogen-bond acceptors (Lipinski definition) is 2. The van der Waals surface area contributed by atoms with Crippen LogP contribution in [0.4, 0.5) is 4.39 Å². The van der Waals surface area contributed by atoms with Crippen LogP contribution in [0.15, 0.2) is 36.9 Å². The van der Waals surface area contributed by atoms with Gasteiger partial charge in [0, 0.05) is 12.7 Å². The number of carbonyl (C=O) groups excluding carboxylic acids is 1. The molecular weight excluding hydrogens is 197 g/mol. The van der Waals surface area contributed by atoms with Crippen LogP contribution in [0.5, 0.6) is 0 Å². The monoisotopic (exact) mass is 209 g/mol. The number of benzene rings is 1. The molecule has 0 saturated heterocycles. The summed E-state index contributed by atoms with van der Waals surface area (Å²) < 4.78 is 17.7. The minimum absolute atomic E-state index is 0.330. The molecule has 0 fully saturated rings. The molecule has 1 atom stereocenters. The summed E-state index contributed by atoms with van der Waals surface area (Å²) in [6.45, 7) is 3.33. The maximum absolute atomic E-state index is 12.6. The Morgan fingerprint density at radius 3 is 2.60 bits per heavy atom. The van der Waals surface area contributed by atoms with E-state index in [0.29, 0.717) is 5.56 Å². The first-order valence-electron chi connectivity index (χ1n) is 4.38. The molecule has 0 spiro atoms. The molecule has 0 radical (unpaired) electrons. The van der Waals surface area contributed by atoms with E-state index in [-0.39, 0.29) is 11.7 Å². The normalized spacial score (nSPS) is 11.9. The van der Waals surface area contributed by atoms with Crippen LogP contribution in [0.1, 0.15) is 11.8 Å². The topological polar surface area (TPSA) is 38.3 Å². The second-order valence-electron chi connectivity index (χ2n) is 2.88. The fourth-order valence-corrected chi connectivity index (χ4v) is 1.10. The Hall–Kier alpha value is -1.68. The number of methoxy groups -OCH3 is 1. The van der Waals surface area contributed by atoms with Gasteiger partial charge in [0.2, 0.25) is 5.91 Å². The van der Waals surface area contributed by atoms with Crippen LogP contribution in [0, 0.1) is 5.82 Å². The number of halogens is 1. The molecule has 1 aromatic rings. The third-order valence-electron chi connectivity index (χ3n) is 1.87. The Morgan fingerprint density at radius 1 is 1.53 bits per heavy atom. The van der Waals surface area contributed by atoms with Gasteiger partial charge >= 0.3 is 0 Å². The Balaban J connectivity index is 2.78. The predicted molar refractivity (Wildman–Crippen MR) is 54.5 cm³/mol. The van der Waals surface area contributed by atoms with Crippen molar-refractivity contribution in [1.82, 2.24) is 5.32 Å². The summed E-state index contributed by atoms with van der Waals surface area (Å²) in [7, 11) is 1.46. The molecule has 3 nitrogen and oxygen atoms in total. The summed E-state index contributed by atoms with van der Waals surface area (Å²) in [6.07, 6.45) is 0.561. The highest BCUT2D eigenvalue weighted by Gasteiger charge is 2.11. The fourth-order valence-electron chi connectivity index (χ4n) is 1.10. The van der Waals surface area contributed by atoms with Gasteiger partial charge < -0.3 is 10.1 Å². The van der Waals surface area contributed by atoms with Crippen molar-refractivity contribution in [2.24, 2.45) is 0 Å². The van der Waals surface area contributed by atoms with Gasteiger partial charge in [0.1, 0.15) is 5.82 Å². The molecule has 80 valence electrons. The van der Waals surface area contributed by atoms with Crippen molar-refractivity contribution >= 4 is 5.91 Å². The minimum atomic E-state index is -0.587. The average Bonchev–Trinajstić information content (AvgIpc) is 2.27. The molecule has 0 saturated carbocycles. The van der Waals surface area contributed by atoms with Crippen molar-refractivity contribution in [3.63, 3.8) is 0 Å². The molecule has 0 aliphatic heterocycles. The van der Waals surface area contributed by atoms with Gasteiger partial charge in [-0.2, -0.15) is 0 Å². The Morgan fingerprint density at radius 2 is 2.13 bits per heavy atom. The standard InChI is InChI=1S/C11H12FNO2/c1-3-10(14)13-11(15-2)8-4-6-9(12)7-5-8/h3-7,11H,1H2,2H3,(H,13,14). The van der Waals surface area contributed by atoms with E-state index in [9.17, 15) is 9.18 Å². The van der Waals surface area contributed by atoms with E-state index in [4.69, 9.17) is 4.74 Å². The van der Waals surface area contributed by atoms with Gasteiger partial charge in [0.15, 0.2) is 6.23 Å². The average molecular weight is 209 g/mol. The fraction of sp³-hybridized carbons (Fsp3) is 0.182. The number of hydrogen-bond donors (Lipinski definition) is 1. The van der Waals surface area contributed by atoms with E-state index < -0.39 is 6.23 Å². The molecule has 1 N–H and O–H groups in total. The molecule has 1 unspecified atom stereocenters. The van der Waals surface area contributed by atoms with Crippen molar-refractivity contribution < 1.29 is 13.9 Å². The molecule has 1 amide bonds. The van der Waals surface area contributed by atoms with Crippen LogP contribution in [-0.2, 0) is 9.53 Å². The third kappa shape index (κ3) is 3.18. The smallest absolute Gasteiger partial charge is 0.245 e. The van der Waals surface area contributed by atoms with Crippen molar-refractivity contribution in [3.05, 3.63) is 48.3 Å². The lowest BCUT2D eigenvalue weighted by Gasteiger charge is -2.16. The number of amides is 1. The maximum Gasteiger partial charge on any atom is 0.245 e. The maximum atomic E-state index is 12.6. The van der Waals surface area contributed by atoms with Gasteiger partial charge in [-0.1, -0.05) is 18.7 Å². The second-order valence-corrected chi connectivity index (χ2v) is 2.88. The zero-order chi connectivity index (χ0) is 11.3. The Kier molecular flexibility index (Phi) is 4.00. The highest BCUT2D eigenvalue weighted by atomic mass is 19.1. The summed E-state index contributed by atoms with van der Waals surface area (Å²) in [5.74, 6) is -0.671. The van der Waals surface area contributed by atoms with Gasteiger partial charge in [-0.05, 0) is 18.2 Å². The van der Waals surface area contributed by atoms with E-state index in [0.717, 1.165) is 6.08 Å². The number of rotatable bonds is 4. The highest BCUT2D eigenvalue weighted by Crippen LogP contribution is 2.13. The summed E-state index contributed by atoms with van der Waals surface area (Å²) in [5.41, 5.74) is 0.675. The largest absolute Gasteiger partial charge is 0.357 e. The first kappa shape index (κ1) is 11.4. The van der Waals surface area contributed by atoms with Crippen molar-refractivity contribution in [3.8, 4) is 0 Å². The lowest BCUT2D eigenvalue weighted by Crippen LogP contribution is -2.27. The lowest BCUT2D eigenvalue weighted by molar-refractivity contribution is -0.120. The Labute approximate surface area is 87.6 Å². The van der Waals surface area contributed by atoms with E-state index >= 15 is 0 Å². The van der Waals surface area contributed by atoms with E-state index in [1.54, 1.807) is 12.1 Å². The zero-order valence-electron chi connectivity index (χ0n) is 8.37. The van der Waals surface area contributed by atoms with Gasteiger partial charge in [-0.25, -0.2) is 4.39 Å². The molecule has 0 bridgehead atoms. The molecule has 1 rings (SSSR count). The molecular formula is C11H12FNO2. The molecule has 4 heteroatoms. The summed E-state index contributed by atoms with van der Waals surface area (Å²) in [6, 6.07) is 5.71. The zero-order valence-corrected chi connectivity index (χ0v) is 8.37. The van der Waals surface area contributed by atoms with Crippen LogP contribution in [0.2, 0.25) is 0 Å². The van der Waals surface area contributed by atoms with E-state index in [2.05, 4.69) is 11.9 Å². The molecule has 0 aromatic heterocycles. The molecule has 0 aliphatic carbocycles. The van der Waals surface area contributed by atoms with Crippen molar-refractivity contribution in [2.45, 2.75) is 6.23 Å². The summed E-state index contributed by atoms with van der Waals surface area (Å²) in [5, 5.41) is 2.55. The molecule has 0 heterocycles. The summed E-state index contributed by atoms with van der Waals surface area (Å²) >= 11 is 0. The molecule has 1 aromatic carbocycles. The highest BCUT2D eigenvalue weighted by molar-refractivity contribution is 5.87. The Bertz CT molecular complexity index is 348. The minimum Gasteiger partial charge on any atom is -0.357 e. The van der Waals surface area contributed by atoms with Crippen molar-refractivity contribution in [2.75, 3.05) is 7.11 Å². The predicted octanol–water partition coefficient (Wildman–Crippen LogP) is 1.77. The third-order valence-corrected chi connectivity index (χ3v) is 1.87. The molecule has 0 aliphatic rings. The quantitative estimate of drug-likeness (QED) is 0.606. The van der Waals surface area contributed by atoms with Crippen LogP contribution in [-0.4, -0.2) is 13.0 Å². The SMILES string of the molecule is C=CC(=O)NC(OC)c1ccc(F)cc1. The van der Waals surface area contributed by atoms with E-state index in [1.807, 2.05) is 0 Å². The van der Waals surface area contributed by atoms with Crippen LogP contribution >= 0.6 is 0 Å². The van der Waals surface area contributed by atoms with E-state index in [1.165, 1.54) is 19.2 Å².